The van der Waals surface area contributed by atoms with Crippen molar-refractivity contribution in [3.63, 3.8) is 0 Å². The molecule has 0 amide bonds. The second-order valence-electron chi connectivity index (χ2n) is 4.46. The molecule has 110 valence electrons. The summed E-state index contributed by atoms with van der Waals surface area (Å²) in [5.74, 6) is -0.440. The van der Waals surface area contributed by atoms with E-state index in [4.69, 9.17) is 18.0 Å². The van der Waals surface area contributed by atoms with Crippen LogP contribution in [0, 0.1) is 12.7 Å². The van der Waals surface area contributed by atoms with Gasteiger partial charge in [0, 0.05) is 11.3 Å². The highest BCUT2D eigenvalue weighted by Crippen LogP contribution is 2.21. The second kappa shape index (κ2) is 5.79. The number of benzene rings is 2. The third-order valence-electron chi connectivity index (χ3n) is 2.86. The minimum Gasteiger partial charge on any atom is -0.389 e. The zero-order valence-electron chi connectivity index (χ0n) is 11.1. The first kappa shape index (κ1) is 15.4. The number of sulfonamides is 1. The van der Waals surface area contributed by atoms with Crippen LogP contribution in [0.1, 0.15) is 11.1 Å². The number of nitrogens with one attached hydrogen (secondary N) is 1. The summed E-state index contributed by atoms with van der Waals surface area (Å²) in [6, 6.07) is 9.76. The molecule has 2 aromatic rings. The normalized spacial score (nSPS) is 11.1. The van der Waals surface area contributed by atoms with Gasteiger partial charge >= 0.3 is 0 Å². The smallest absolute Gasteiger partial charge is 0.262 e. The molecule has 0 spiro atoms. The molecular weight excluding hydrogens is 311 g/mol. The molecule has 2 rings (SSSR count). The Balaban J connectivity index is 2.41. The van der Waals surface area contributed by atoms with Crippen molar-refractivity contribution < 1.29 is 12.8 Å². The van der Waals surface area contributed by atoms with Crippen LogP contribution >= 0.6 is 12.2 Å². The summed E-state index contributed by atoms with van der Waals surface area (Å²) in [4.78, 5) is 0.199. The molecule has 0 unspecified atom stereocenters. The number of rotatable bonds is 4. The van der Waals surface area contributed by atoms with Crippen molar-refractivity contribution in [2.75, 3.05) is 4.72 Å². The van der Waals surface area contributed by atoms with Gasteiger partial charge in [-0.05, 0) is 42.8 Å². The molecular formula is C14H13FN2O2S2. The monoisotopic (exact) mass is 324 g/mol. The van der Waals surface area contributed by atoms with Gasteiger partial charge in [-0.25, -0.2) is 12.8 Å². The minimum absolute atomic E-state index is 0.0807. The van der Waals surface area contributed by atoms with E-state index >= 15 is 0 Å². The SMILES string of the molecule is Cc1ccc(C(N)=S)cc1S(=O)(=O)Nc1ccc(F)cc1. The van der Waals surface area contributed by atoms with Crippen LogP contribution in [0.2, 0.25) is 0 Å². The Morgan fingerprint density at radius 2 is 1.81 bits per heavy atom. The van der Waals surface area contributed by atoms with Crippen molar-refractivity contribution in [1.82, 2.24) is 0 Å². The topological polar surface area (TPSA) is 72.2 Å². The first-order chi connectivity index (χ1) is 9.79. The van der Waals surface area contributed by atoms with Crippen LogP contribution in [0.4, 0.5) is 10.1 Å². The van der Waals surface area contributed by atoms with E-state index in [0.29, 0.717) is 11.1 Å². The standard InChI is InChI=1S/C14H13FN2O2S2/c1-9-2-3-10(14(16)20)8-13(9)21(18,19)17-12-6-4-11(15)5-7-12/h2-8,17H,1H3,(H2,16,20). The van der Waals surface area contributed by atoms with E-state index in [1.807, 2.05) is 0 Å². The third kappa shape index (κ3) is 3.56. The van der Waals surface area contributed by atoms with Crippen molar-refractivity contribution in [2.24, 2.45) is 5.73 Å². The van der Waals surface area contributed by atoms with Crippen molar-refractivity contribution in [1.29, 1.82) is 0 Å². The second-order valence-corrected chi connectivity index (χ2v) is 6.55. The molecule has 21 heavy (non-hydrogen) atoms. The van der Waals surface area contributed by atoms with Crippen LogP contribution < -0.4 is 10.5 Å². The number of thiocarbonyl (C=S) groups is 1. The summed E-state index contributed by atoms with van der Waals surface area (Å²) >= 11 is 4.85. The maximum absolute atomic E-state index is 12.8. The lowest BCUT2D eigenvalue weighted by atomic mass is 10.1. The Hall–Kier alpha value is -1.99. The lowest BCUT2D eigenvalue weighted by Gasteiger charge is -2.11. The molecule has 0 fully saturated rings. The van der Waals surface area contributed by atoms with Crippen molar-refractivity contribution in [2.45, 2.75) is 11.8 Å². The molecule has 4 nitrogen and oxygen atoms in total. The first-order valence-electron chi connectivity index (χ1n) is 5.98. The van der Waals surface area contributed by atoms with E-state index < -0.39 is 15.8 Å². The zero-order valence-corrected chi connectivity index (χ0v) is 12.8. The molecule has 0 radical (unpaired) electrons. The van der Waals surface area contributed by atoms with Crippen LogP contribution in [0.5, 0.6) is 0 Å². The van der Waals surface area contributed by atoms with E-state index in [-0.39, 0.29) is 15.6 Å². The highest BCUT2D eigenvalue weighted by molar-refractivity contribution is 7.92. The highest BCUT2D eigenvalue weighted by Gasteiger charge is 2.18. The number of hydrogen-bond donors (Lipinski definition) is 2. The Kier molecular flexibility index (Phi) is 4.24. The molecule has 0 aromatic heterocycles. The van der Waals surface area contributed by atoms with Crippen molar-refractivity contribution in [3.8, 4) is 0 Å². The van der Waals surface area contributed by atoms with E-state index in [1.165, 1.54) is 30.3 Å². The molecule has 0 saturated carbocycles. The maximum atomic E-state index is 12.8. The number of anilines is 1. The van der Waals surface area contributed by atoms with E-state index in [0.717, 1.165) is 0 Å². The molecule has 0 aliphatic heterocycles. The largest absolute Gasteiger partial charge is 0.389 e. The molecule has 0 aliphatic rings. The van der Waals surface area contributed by atoms with Gasteiger partial charge in [0.2, 0.25) is 0 Å². The molecule has 7 heteroatoms. The third-order valence-corrected chi connectivity index (χ3v) is 4.62. The van der Waals surface area contributed by atoms with Crippen molar-refractivity contribution >= 4 is 32.9 Å². The summed E-state index contributed by atoms with van der Waals surface area (Å²) in [5.41, 5.74) is 6.82. The lowest BCUT2D eigenvalue weighted by molar-refractivity contribution is 0.600. The van der Waals surface area contributed by atoms with Crippen molar-refractivity contribution in [3.05, 3.63) is 59.4 Å². The highest BCUT2D eigenvalue weighted by atomic mass is 32.2. The first-order valence-corrected chi connectivity index (χ1v) is 7.87. The fourth-order valence-corrected chi connectivity index (χ4v) is 3.23. The summed E-state index contributed by atoms with van der Waals surface area (Å²) in [6.45, 7) is 1.67. The van der Waals surface area contributed by atoms with E-state index in [2.05, 4.69) is 4.72 Å². The van der Waals surface area contributed by atoms with Gasteiger partial charge in [-0.2, -0.15) is 0 Å². The quantitative estimate of drug-likeness (QED) is 0.848. The van der Waals surface area contributed by atoms with Gasteiger partial charge in [0.1, 0.15) is 10.8 Å². The maximum Gasteiger partial charge on any atom is 0.262 e. The van der Waals surface area contributed by atoms with Crippen LogP contribution in [0.15, 0.2) is 47.4 Å². The van der Waals surface area contributed by atoms with Gasteiger partial charge in [-0.1, -0.05) is 24.4 Å². The number of halogens is 1. The average molecular weight is 324 g/mol. The molecule has 0 aliphatic carbocycles. The molecule has 3 N–H and O–H groups in total. The predicted octanol–water partition coefficient (Wildman–Crippen LogP) is 2.57. The van der Waals surface area contributed by atoms with Gasteiger partial charge in [-0.15, -0.1) is 0 Å². The fraction of sp³-hybridized carbons (Fsp3) is 0.0714. The summed E-state index contributed by atoms with van der Waals surface area (Å²) < 4.78 is 40.0. The van der Waals surface area contributed by atoms with E-state index in [9.17, 15) is 12.8 Å². The number of aryl methyl sites for hydroxylation is 1. The Morgan fingerprint density at radius 1 is 1.19 bits per heavy atom. The van der Waals surface area contributed by atoms with Gasteiger partial charge in [0.25, 0.3) is 10.0 Å². The molecule has 0 saturated heterocycles. The molecule has 0 bridgehead atoms. The summed E-state index contributed by atoms with van der Waals surface area (Å²) in [7, 11) is -3.80. The van der Waals surface area contributed by atoms with Crippen LogP contribution in [0.25, 0.3) is 0 Å². The Labute approximate surface area is 127 Å². The lowest BCUT2D eigenvalue weighted by Crippen LogP contribution is -2.16. The van der Waals surface area contributed by atoms with Crippen LogP contribution in [-0.2, 0) is 10.0 Å². The number of nitrogens with two attached hydrogens (primary N) is 1. The molecule has 0 atom stereocenters. The Morgan fingerprint density at radius 3 is 2.38 bits per heavy atom. The van der Waals surface area contributed by atoms with Gasteiger partial charge < -0.3 is 5.73 Å². The van der Waals surface area contributed by atoms with Crippen LogP contribution in [0.3, 0.4) is 0 Å². The Bertz CT molecular complexity index is 787. The van der Waals surface area contributed by atoms with Gasteiger partial charge in [0.15, 0.2) is 0 Å². The van der Waals surface area contributed by atoms with E-state index in [1.54, 1.807) is 19.1 Å². The van der Waals surface area contributed by atoms with Crippen LogP contribution in [-0.4, -0.2) is 13.4 Å². The average Bonchev–Trinajstić information content (AvgIpc) is 2.41. The minimum atomic E-state index is -3.80. The predicted molar refractivity (Wildman–Crippen MR) is 84.3 cm³/mol. The number of hydrogen-bond acceptors (Lipinski definition) is 3. The molecule has 2 aromatic carbocycles. The summed E-state index contributed by atoms with van der Waals surface area (Å²) in [6.07, 6.45) is 0. The zero-order chi connectivity index (χ0) is 15.6. The summed E-state index contributed by atoms with van der Waals surface area (Å²) in [5, 5.41) is 0. The molecule has 0 heterocycles. The van der Waals surface area contributed by atoms with Gasteiger partial charge in [0.05, 0.1) is 4.90 Å². The fourth-order valence-electron chi connectivity index (χ4n) is 1.77. The van der Waals surface area contributed by atoms with Gasteiger partial charge in [-0.3, -0.25) is 4.72 Å².